The van der Waals surface area contributed by atoms with Crippen LogP contribution >= 0.6 is 0 Å². The lowest BCUT2D eigenvalue weighted by Gasteiger charge is -2.10. The highest BCUT2D eigenvalue weighted by molar-refractivity contribution is 5.93. The van der Waals surface area contributed by atoms with Crippen LogP contribution in [0.1, 0.15) is 11.1 Å². The maximum absolute atomic E-state index is 8.90. The van der Waals surface area contributed by atoms with Crippen LogP contribution in [0.25, 0.3) is 10.9 Å². The lowest BCUT2D eigenvalue weighted by molar-refractivity contribution is 0.269. The molecule has 0 aliphatic rings. The second-order valence-electron chi connectivity index (χ2n) is 5.02. The largest absolute Gasteiger partial charge is 0.394 e. The van der Waals surface area contributed by atoms with E-state index in [2.05, 4.69) is 40.5 Å². The fourth-order valence-electron chi connectivity index (χ4n) is 2.39. The lowest BCUT2D eigenvalue weighted by Crippen LogP contribution is -2.02. The molecule has 0 spiro atoms. The molecule has 0 saturated heterocycles. The Balaban J connectivity index is 1.80. The van der Waals surface area contributed by atoms with E-state index in [0.29, 0.717) is 13.1 Å². The van der Waals surface area contributed by atoms with Crippen molar-refractivity contribution >= 4 is 16.6 Å². The Kier molecular flexibility index (Phi) is 3.83. The van der Waals surface area contributed by atoms with Crippen molar-refractivity contribution in [3.8, 4) is 0 Å². The molecular weight excluding hydrogens is 264 g/mol. The van der Waals surface area contributed by atoms with Crippen LogP contribution in [-0.4, -0.2) is 26.5 Å². The summed E-state index contributed by atoms with van der Waals surface area (Å²) in [5, 5.41) is 17.7. The number of hydrogen-bond donors (Lipinski definition) is 2. The van der Waals surface area contributed by atoms with E-state index in [0.717, 1.165) is 22.2 Å². The van der Waals surface area contributed by atoms with Crippen LogP contribution < -0.4 is 5.32 Å². The van der Waals surface area contributed by atoms with Crippen molar-refractivity contribution in [2.45, 2.75) is 20.0 Å². The van der Waals surface area contributed by atoms with Gasteiger partial charge in [0.25, 0.3) is 0 Å². The van der Waals surface area contributed by atoms with E-state index in [1.807, 2.05) is 24.7 Å². The molecule has 5 heteroatoms. The van der Waals surface area contributed by atoms with Crippen LogP contribution in [0, 0.1) is 6.92 Å². The minimum absolute atomic E-state index is 0.100. The van der Waals surface area contributed by atoms with Gasteiger partial charge in [-0.2, -0.15) is 5.10 Å². The minimum Gasteiger partial charge on any atom is -0.394 e. The topological polar surface area (TPSA) is 63.0 Å². The monoisotopic (exact) mass is 282 g/mol. The molecule has 3 rings (SSSR count). The maximum atomic E-state index is 8.90. The normalized spacial score (nSPS) is 11.0. The predicted octanol–water partition coefficient (Wildman–Crippen LogP) is 2.34. The molecule has 108 valence electrons. The third-order valence-electron chi connectivity index (χ3n) is 3.47. The smallest absolute Gasteiger partial charge is 0.0751 e. The van der Waals surface area contributed by atoms with Crippen LogP contribution in [-0.2, 0) is 13.1 Å². The van der Waals surface area contributed by atoms with Gasteiger partial charge in [0.05, 0.1) is 24.9 Å². The van der Waals surface area contributed by atoms with Crippen molar-refractivity contribution in [1.82, 2.24) is 14.8 Å². The molecule has 2 aromatic heterocycles. The first-order valence-corrected chi connectivity index (χ1v) is 6.98. The SMILES string of the molecule is Cc1ccc(NCc2cnn(CCO)c2)c2cccnc12. The van der Waals surface area contributed by atoms with Gasteiger partial charge in [0.15, 0.2) is 0 Å². The number of aromatic nitrogens is 3. The molecule has 2 N–H and O–H groups in total. The highest BCUT2D eigenvalue weighted by Crippen LogP contribution is 2.24. The standard InChI is InChI=1S/C16H18N4O/c1-12-4-5-15(14-3-2-6-17-16(12)14)18-9-13-10-19-20(11-13)7-8-21/h2-6,10-11,18,21H,7-9H2,1H3. The number of fused-ring (bicyclic) bond motifs is 1. The molecular formula is C16H18N4O. The summed E-state index contributed by atoms with van der Waals surface area (Å²) in [6.45, 7) is 3.39. The molecule has 0 saturated carbocycles. The zero-order valence-corrected chi connectivity index (χ0v) is 12.0. The van der Waals surface area contributed by atoms with Crippen LogP contribution in [0.15, 0.2) is 42.9 Å². The Hall–Kier alpha value is -2.40. The van der Waals surface area contributed by atoms with E-state index >= 15 is 0 Å². The number of anilines is 1. The summed E-state index contributed by atoms with van der Waals surface area (Å²) in [6, 6.07) is 8.18. The first-order valence-electron chi connectivity index (χ1n) is 6.98. The number of benzene rings is 1. The fourth-order valence-corrected chi connectivity index (χ4v) is 2.39. The third-order valence-corrected chi connectivity index (χ3v) is 3.47. The van der Waals surface area contributed by atoms with Crippen molar-refractivity contribution in [1.29, 1.82) is 0 Å². The molecule has 0 aliphatic heterocycles. The van der Waals surface area contributed by atoms with Gasteiger partial charge in [-0.05, 0) is 30.7 Å². The Labute approximate surface area is 123 Å². The van der Waals surface area contributed by atoms with Crippen LogP contribution in [0.2, 0.25) is 0 Å². The highest BCUT2D eigenvalue weighted by atomic mass is 16.3. The highest BCUT2D eigenvalue weighted by Gasteiger charge is 2.05. The maximum Gasteiger partial charge on any atom is 0.0751 e. The number of aryl methyl sites for hydroxylation is 1. The van der Waals surface area contributed by atoms with Crippen LogP contribution in [0.3, 0.4) is 0 Å². The molecule has 0 amide bonds. The molecule has 0 atom stereocenters. The van der Waals surface area contributed by atoms with Crippen LogP contribution in [0.5, 0.6) is 0 Å². The molecule has 5 nitrogen and oxygen atoms in total. The van der Waals surface area contributed by atoms with E-state index < -0.39 is 0 Å². The lowest BCUT2D eigenvalue weighted by atomic mass is 10.1. The molecule has 0 unspecified atom stereocenters. The fraction of sp³-hybridized carbons (Fsp3) is 0.250. The van der Waals surface area contributed by atoms with Gasteiger partial charge in [-0.25, -0.2) is 0 Å². The summed E-state index contributed by atoms with van der Waals surface area (Å²) < 4.78 is 1.74. The van der Waals surface area contributed by atoms with Crippen molar-refractivity contribution in [3.63, 3.8) is 0 Å². The average Bonchev–Trinajstić information content (AvgIpc) is 2.95. The second kappa shape index (κ2) is 5.93. The van der Waals surface area contributed by atoms with Crippen molar-refractivity contribution in [2.75, 3.05) is 11.9 Å². The van der Waals surface area contributed by atoms with E-state index in [1.165, 1.54) is 5.56 Å². The van der Waals surface area contributed by atoms with E-state index in [9.17, 15) is 0 Å². The number of pyridine rings is 1. The van der Waals surface area contributed by atoms with E-state index in [4.69, 9.17) is 5.11 Å². The zero-order chi connectivity index (χ0) is 14.7. The number of nitrogens with one attached hydrogen (secondary N) is 1. The number of aliphatic hydroxyl groups excluding tert-OH is 1. The zero-order valence-electron chi connectivity index (χ0n) is 12.0. The number of hydrogen-bond acceptors (Lipinski definition) is 4. The van der Waals surface area contributed by atoms with Gasteiger partial charge in [-0.3, -0.25) is 9.67 Å². The summed E-state index contributed by atoms with van der Waals surface area (Å²) in [7, 11) is 0. The van der Waals surface area contributed by atoms with Gasteiger partial charge >= 0.3 is 0 Å². The molecule has 3 aromatic rings. The summed E-state index contributed by atoms with van der Waals surface area (Å²) in [5.41, 5.74) is 4.35. The Morgan fingerprint density at radius 1 is 1.29 bits per heavy atom. The van der Waals surface area contributed by atoms with Crippen LogP contribution in [0.4, 0.5) is 5.69 Å². The molecule has 0 radical (unpaired) electrons. The van der Waals surface area contributed by atoms with Gasteiger partial charge in [0.2, 0.25) is 0 Å². The quantitative estimate of drug-likeness (QED) is 0.754. The third kappa shape index (κ3) is 2.87. The van der Waals surface area contributed by atoms with Crippen molar-refractivity contribution < 1.29 is 5.11 Å². The summed E-state index contributed by atoms with van der Waals surface area (Å²) in [5.74, 6) is 0. The molecule has 0 bridgehead atoms. The van der Waals surface area contributed by atoms with E-state index in [1.54, 1.807) is 4.68 Å². The predicted molar refractivity (Wildman–Crippen MR) is 83.1 cm³/mol. The van der Waals surface area contributed by atoms with Crippen molar-refractivity contribution in [3.05, 3.63) is 54.0 Å². The van der Waals surface area contributed by atoms with Gasteiger partial charge in [0, 0.05) is 35.6 Å². The Bertz CT molecular complexity index is 751. The minimum atomic E-state index is 0.100. The molecule has 2 heterocycles. The molecule has 0 fully saturated rings. The number of aliphatic hydroxyl groups is 1. The average molecular weight is 282 g/mol. The first kappa shape index (κ1) is 13.6. The van der Waals surface area contributed by atoms with Gasteiger partial charge < -0.3 is 10.4 Å². The molecule has 1 aromatic carbocycles. The molecule has 21 heavy (non-hydrogen) atoms. The van der Waals surface area contributed by atoms with Gasteiger partial charge in [-0.15, -0.1) is 0 Å². The van der Waals surface area contributed by atoms with E-state index in [-0.39, 0.29) is 6.61 Å². The Morgan fingerprint density at radius 2 is 2.19 bits per heavy atom. The number of nitrogens with zero attached hydrogens (tertiary/aromatic N) is 3. The summed E-state index contributed by atoms with van der Waals surface area (Å²) in [4.78, 5) is 4.44. The molecule has 0 aliphatic carbocycles. The first-order chi connectivity index (χ1) is 10.3. The number of rotatable bonds is 5. The van der Waals surface area contributed by atoms with Crippen molar-refractivity contribution in [2.24, 2.45) is 0 Å². The van der Waals surface area contributed by atoms with Gasteiger partial charge in [0.1, 0.15) is 0 Å². The second-order valence-corrected chi connectivity index (χ2v) is 5.02. The summed E-state index contributed by atoms with van der Waals surface area (Å²) in [6.07, 6.45) is 5.58. The Morgan fingerprint density at radius 3 is 3.05 bits per heavy atom. The summed E-state index contributed by atoms with van der Waals surface area (Å²) >= 11 is 0. The van der Waals surface area contributed by atoms with Gasteiger partial charge in [-0.1, -0.05) is 6.07 Å².